The molecule has 0 aliphatic heterocycles. The number of nitrogens with zero attached hydrogens (tertiary/aromatic N) is 1. The monoisotopic (exact) mass is 253 g/mol. The molecular formula is C16H31NO. The summed E-state index contributed by atoms with van der Waals surface area (Å²) in [4.78, 5) is 2.59. The van der Waals surface area contributed by atoms with Crippen molar-refractivity contribution in [3.8, 4) is 0 Å². The zero-order valence-corrected chi connectivity index (χ0v) is 12.7. The maximum Gasteiger partial charge on any atom is 0.0695 e. The second-order valence-corrected chi connectivity index (χ2v) is 7.05. The van der Waals surface area contributed by atoms with Crippen LogP contribution < -0.4 is 0 Å². The van der Waals surface area contributed by atoms with Crippen LogP contribution in [-0.2, 0) is 0 Å². The zero-order chi connectivity index (χ0) is 13.3. The quantitative estimate of drug-likeness (QED) is 0.811. The Morgan fingerprint density at radius 1 is 1.11 bits per heavy atom. The molecule has 1 N–H and O–H groups in total. The molecule has 0 aromatic rings. The summed E-state index contributed by atoms with van der Waals surface area (Å²) >= 11 is 0. The van der Waals surface area contributed by atoms with Crippen molar-refractivity contribution in [1.82, 2.24) is 4.90 Å². The minimum atomic E-state index is -0.0885. The highest BCUT2D eigenvalue weighted by Gasteiger charge is 2.42. The summed E-state index contributed by atoms with van der Waals surface area (Å²) in [6.45, 7) is 10.5. The maximum atomic E-state index is 10.4. The number of aliphatic hydroxyl groups excluding tert-OH is 1. The van der Waals surface area contributed by atoms with E-state index in [1.165, 1.54) is 32.1 Å². The molecule has 0 bridgehead atoms. The molecule has 18 heavy (non-hydrogen) atoms. The minimum absolute atomic E-state index is 0.0885. The van der Waals surface area contributed by atoms with Gasteiger partial charge in [-0.15, -0.1) is 0 Å². The van der Waals surface area contributed by atoms with Crippen molar-refractivity contribution in [3.63, 3.8) is 0 Å². The van der Waals surface area contributed by atoms with E-state index in [-0.39, 0.29) is 6.10 Å². The van der Waals surface area contributed by atoms with E-state index in [0.717, 1.165) is 24.9 Å². The second-order valence-electron chi connectivity index (χ2n) is 7.05. The van der Waals surface area contributed by atoms with Crippen molar-refractivity contribution in [2.75, 3.05) is 6.54 Å². The van der Waals surface area contributed by atoms with E-state index in [2.05, 4.69) is 32.6 Å². The first-order valence-electron chi connectivity index (χ1n) is 7.93. The summed E-state index contributed by atoms with van der Waals surface area (Å²) in [6.07, 6.45) is 7.26. The van der Waals surface area contributed by atoms with Gasteiger partial charge in [0.05, 0.1) is 6.10 Å². The van der Waals surface area contributed by atoms with Gasteiger partial charge in [0.25, 0.3) is 0 Å². The van der Waals surface area contributed by atoms with Gasteiger partial charge in [-0.3, -0.25) is 4.90 Å². The highest BCUT2D eigenvalue weighted by molar-refractivity contribution is 4.96. The van der Waals surface area contributed by atoms with Crippen LogP contribution in [0.25, 0.3) is 0 Å². The third-order valence-electron chi connectivity index (χ3n) is 5.60. The predicted molar refractivity (Wildman–Crippen MR) is 76.6 cm³/mol. The Bertz CT molecular complexity index is 272. The summed E-state index contributed by atoms with van der Waals surface area (Å²) in [5.41, 5.74) is 0.432. The molecule has 3 unspecified atom stereocenters. The zero-order valence-electron chi connectivity index (χ0n) is 12.7. The minimum Gasteiger partial charge on any atom is -0.391 e. The lowest BCUT2D eigenvalue weighted by atomic mass is 9.67. The van der Waals surface area contributed by atoms with Gasteiger partial charge in [0.2, 0.25) is 0 Å². The first-order valence-corrected chi connectivity index (χ1v) is 7.93. The van der Waals surface area contributed by atoms with Crippen LogP contribution in [0.4, 0.5) is 0 Å². The van der Waals surface area contributed by atoms with Gasteiger partial charge in [0.15, 0.2) is 0 Å². The molecule has 106 valence electrons. The van der Waals surface area contributed by atoms with E-state index in [9.17, 15) is 5.11 Å². The van der Waals surface area contributed by atoms with Crippen LogP contribution in [0.2, 0.25) is 0 Å². The predicted octanol–water partition coefficient (Wildman–Crippen LogP) is 3.44. The van der Waals surface area contributed by atoms with E-state index in [1.54, 1.807) is 0 Å². The summed E-state index contributed by atoms with van der Waals surface area (Å²) < 4.78 is 0. The van der Waals surface area contributed by atoms with Crippen LogP contribution in [0.5, 0.6) is 0 Å². The van der Waals surface area contributed by atoms with Crippen LogP contribution in [-0.4, -0.2) is 34.7 Å². The molecule has 0 aromatic carbocycles. The second kappa shape index (κ2) is 5.50. The SMILES string of the molecule is CCN(C1CC1)C1CC(C(C)(C)CC)CCC1O. The summed E-state index contributed by atoms with van der Waals surface area (Å²) in [5, 5.41) is 10.4. The van der Waals surface area contributed by atoms with Gasteiger partial charge in [-0.2, -0.15) is 0 Å². The van der Waals surface area contributed by atoms with Crippen LogP contribution in [0.3, 0.4) is 0 Å². The van der Waals surface area contributed by atoms with Crippen molar-refractivity contribution in [2.45, 2.75) is 84.4 Å². The van der Waals surface area contributed by atoms with E-state index < -0.39 is 0 Å². The number of likely N-dealkylation sites (N-methyl/N-ethyl adjacent to an activating group) is 1. The Morgan fingerprint density at radius 3 is 2.28 bits per heavy atom. The van der Waals surface area contributed by atoms with Crippen LogP contribution in [0.15, 0.2) is 0 Å². The standard InChI is InChI=1S/C16H31NO/c1-5-16(3,4)12-7-10-15(18)14(11-12)17(6-2)13-8-9-13/h12-15,18H,5-11H2,1-4H3. The van der Waals surface area contributed by atoms with Crippen LogP contribution in [0.1, 0.15) is 66.2 Å². The molecule has 2 nitrogen and oxygen atoms in total. The topological polar surface area (TPSA) is 23.5 Å². The van der Waals surface area contributed by atoms with Gasteiger partial charge < -0.3 is 5.11 Å². The van der Waals surface area contributed by atoms with Crippen molar-refractivity contribution in [3.05, 3.63) is 0 Å². The Hall–Kier alpha value is -0.0800. The molecule has 2 heteroatoms. The molecule has 0 aromatic heterocycles. The Balaban J connectivity index is 2.04. The number of rotatable bonds is 5. The average Bonchev–Trinajstić information content (AvgIpc) is 3.16. The van der Waals surface area contributed by atoms with Crippen molar-refractivity contribution in [2.24, 2.45) is 11.3 Å². The number of aliphatic hydroxyl groups is 1. The van der Waals surface area contributed by atoms with E-state index >= 15 is 0 Å². The first-order chi connectivity index (χ1) is 8.49. The third kappa shape index (κ3) is 2.91. The molecule has 0 saturated heterocycles. The molecular weight excluding hydrogens is 222 g/mol. The van der Waals surface area contributed by atoms with Gasteiger partial charge in [0.1, 0.15) is 0 Å². The van der Waals surface area contributed by atoms with Gasteiger partial charge in [0, 0.05) is 12.1 Å². The van der Waals surface area contributed by atoms with E-state index in [4.69, 9.17) is 0 Å². The van der Waals surface area contributed by atoms with Gasteiger partial charge >= 0.3 is 0 Å². The molecule has 2 aliphatic carbocycles. The third-order valence-corrected chi connectivity index (χ3v) is 5.60. The molecule has 2 rings (SSSR count). The molecule has 0 spiro atoms. The van der Waals surface area contributed by atoms with Gasteiger partial charge in [-0.1, -0.05) is 34.1 Å². The van der Waals surface area contributed by atoms with Gasteiger partial charge in [-0.05, 0) is 50.0 Å². The van der Waals surface area contributed by atoms with E-state index in [0.29, 0.717) is 11.5 Å². The summed E-state index contributed by atoms with van der Waals surface area (Å²) in [5.74, 6) is 0.781. The summed E-state index contributed by atoms with van der Waals surface area (Å²) in [7, 11) is 0. The first kappa shape index (κ1) is 14.3. The van der Waals surface area contributed by atoms with Gasteiger partial charge in [-0.25, -0.2) is 0 Å². The van der Waals surface area contributed by atoms with Crippen LogP contribution >= 0.6 is 0 Å². The van der Waals surface area contributed by atoms with Crippen molar-refractivity contribution in [1.29, 1.82) is 0 Å². The van der Waals surface area contributed by atoms with Crippen LogP contribution in [0, 0.1) is 11.3 Å². The molecule has 0 amide bonds. The fourth-order valence-corrected chi connectivity index (χ4v) is 3.66. The smallest absolute Gasteiger partial charge is 0.0695 e. The lowest BCUT2D eigenvalue weighted by Crippen LogP contribution is -2.50. The lowest BCUT2D eigenvalue weighted by molar-refractivity contribution is -0.0223. The molecule has 2 saturated carbocycles. The molecule has 2 fully saturated rings. The largest absolute Gasteiger partial charge is 0.391 e. The fourth-order valence-electron chi connectivity index (χ4n) is 3.66. The van der Waals surface area contributed by atoms with Crippen molar-refractivity contribution < 1.29 is 5.11 Å². The molecule has 0 heterocycles. The Morgan fingerprint density at radius 2 is 1.78 bits per heavy atom. The number of hydrogen-bond donors (Lipinski definition) is 1. The lowest BCUT2D eigenvalue weighted by Gasteiger charge is -2.45. The molecule has 0 radical (unpaired) electrons. The Labute approximate surface area is 113 Å². The molecule has 3 atom stereocenters. The highest BCUT2D eigenvalue weighted by Crippen LogP contribution is 2.43. The average molecular weight is 253 g/mol. The normalized spacial score (nSPS) is 34.0. The maximum absolute atomic E-state index is 10.4. The fraction of sp³-hybridized carbons (Fsp3) is 1.00. The van der Waals surface area contributed by atoms with Crippen molar-refractivity contribution >= 4 is 0 Å². The Kier molecular flexibility index (Phi) is 4.38. The highest BCUT2D eigenvalue weighted by atomic mass is 16.3. The van der Waals surface area contributed by atoms with E-state index in [1.807, 2.05) is 0 Å². The number of hydrogen-bond acceptors (Lipinski definition) is 2. The molecule has 2 aliphatic rings. The summed E-state index contributed by atoms with van der Waals surface area (Å²) in [6, 6.07) is 1.20.